The van der Waals surface area contributed by atoms with Gasteiger partial charge in [0.1, 0.15) is 17.6 Å². The van der Waals surface area contributed by atoms with Gasteiger partial charge in [0.05, 0.1) is 6.42 Å². The van der Waals surface area contributed by atoms with Crippen LogP contribution in [0.3, 0.4) is 0 Å². The van der Waals surface area contributed by atoms with Gasteiger partial charge < -0.3 is 14.2 Å². The minimum absolute atomic E-state index is 0.101. The molecular formula is C27H37F3N2O5S. The van der Waals surface area contributed by atoms with E-state index in [0.717, 1.165) is 61.7 Å². The zero-order valence-electron chi connectivity index (χ0n) is 21.9. The second-order valence-corrected chi connectivity index (χ2v) is 9.51. The third-order valence-electron chi connectivity index (χ3n) is 5.41. The number of ether oxygens (including phenoxy) is 3. The Morgan fingerprint density at radius 2 is 1.82 bits per heavy atom. The first-order valence-electron chi connectivity index (χ1n) is 12.7. The molecule has 7 nitrogen and oxygen atoms in total. The van der Waals surface area contributed by atoms with Crippen molar-refractivity contribution in [3.05, 3.63) is 66.7 Å². The number of nitrogens with one attached hydrogen (secondary N) is 1. The number of carbonyl (C=O) groups excluding carboxylic acids is 1. The van der Waals surface area contributed by atoms with Crippen LogP contribution in [0.5, 0.6) is 0 Å². The lowest BCUT2D eigenvalue weighted by Crippen LogP contribution is -2.34. The molecule has 1 N–H and O–H groups in total. The van der Waals surface area contributed by atoms with Crippen molar-refractivity contribution in [3.8, 4) is 0 Å². The summed E-state index contributed by atoms with van der Waals surface area (Å²) in [5.74, 6) is -0.538. The van der Waals surface area contributed by atoms with Gasteiger partial charge in [-0.3, -0.25) is 4.79 Å². The Morgan fingerprint density at radius 3 is 2.47 bits per heavy atom. The highest BCUT2D eigenvalue weighted by Crippen LogP contribution is 2.30. The molecular weight excluding hydrogens is 521 g/mol. The van der Waals surface area contributed by atoms with E-state index in [1.807, 2.05) is 38.1 Å². The van der Waals surface area contributed by atoms with E-state index in [-0.39, 0.29) is 24.2 Å². The summed E-state index contributed by atoms with van der Waals surface area (Å²) >= 11 is 1.58. The molecule has 1 atom stereocenters. The molecule has 0 spiro atoms. The predicted molar refractivity (Wildman–Crippen MR) is 140 cm³/mol. The van der Waals surface area contributed by atoms with Crippen molar-refractivity contribution in [1.29, 1.82) is 0 Å². The van der Waals surface area contributed by atoms with E-state index in [1.165, 1.54) is 6.08 Å². The van der Waals surface area contributed by atoms with Gasteiger partial charge in [-0.15, -0.1) is 13.2 Å². The number of hydroxylamine groups is 1. The van der Waals surface area contributed by atoms with E-state index in [2.05, 4.69) is 27.7 Å². The van der Waals surface area contributed by atoms with Crippen LogP contribution in [0, 0.1) is 0 Å². The second kappa shape index (κ2) is 16.5. The molecule has 2 aliphatic heterocycles. The van der Waals surface area contributed by atoms with Gasteiger partial charge in [-0.1, -0.05) is 45.2 Å². The van der Waals surface area contributed by atoms with Gasteiger partial charge in [0.15, 0.2) is 6.29 Å². The standard InChI is InChI=1S/C25H31F3N2O5S.C2H6/c1-18(10-11-19(2)34-25(26,27)28)33-21-12-14-30(15-13-21)36-22-8-4-3-7-20(22)17-23(31)29-35-24-9-5-6-16-32-24;1-2/h3-4,7-8,10-11,21,24H,1-2,5-6,9,12-17H2,(H,29,31);1-2H3/b11-10-;. The van der Waals surface area contributed by atoms with Crippen LogP contribution in [0.15, 0.2) is 66.0 Å². The van der Waals surface area contributed by atoms with Crippen LogP contribution in [-0.2, 0) is 30.3 Å². The van der Waals surface area contributed by atoms with Gasteiger partial charge in [0.2, 0.25) is 5.91 Å². The number of rotatable bonds is 11. The monoisotopic (exact) mass is 558 g/mol. The highest BCUT2D eigenvalue weighted by Gasteiger charge is 2.31. The molecule has 0 aromatic heterocycles. The maximum Gasteiger partial charge on any atom is 0.573 e. The summed E-state index contributed by atoms with van der Waals surface area (Å²) in [5, 5.41) is 0. The zero-order valence-corrected chi connectivity index (χ0v) is 22.7. The number of piperidine rings is 1. The highest BCUT2D eigenvalue weighted by molar-refractivity contribution is 7.97. The quantitative estimate of drug-likeness (QED) is 0.145. The summed E-state index contributed by atoms with van der Waals surface area (Å²) in [5.41, 5.74) is 3.39. The molecule has 0 aliphatic carbocycles. The molecule has 1 aromatic rings. The molecule has 0 radical (unpaired) electrons. The third kappa shape index (κ3) is 12.4. The number of hydrogen-bond acceptors (Lipinski definition) is 7. The lowest BCUT2D eigenvalue weighted by atomic mass is 10.1. The first-order valence-corrected chi connectivity index (χ1v) is 13.5. The number of carbonyl (C=O) groups is 1. The number of amides is 1. The van der Waals surface area contributed by atoms with Gasteiger partial charge in [-0.05, 0) is 61.4 Å². The average Bonchev–Trinajstić information content (AvgIpc) is 2.89. The van der Waals surface area contributed by atoms with Gasteiger partial charge in [0.25, 0.3) is 0 Å². The van der Waals surface area contributed by atoms with E-state index in [9.17, 15) is 18.0 Å². The molecule has 1 unspecified atom stereocenters. The molecule has 1 amide bonds. The summed E-state index contributed by atoms with van der Waals surface area (Å²) < 4.78 is 53.6. The number of nitrogens with zero attached hydrogens (tertiary/aromatic N) is 1. The van der Waals surface area contributed by atoms with Crippen molar-refractivity contribution in [2.75, 3.05) is 19.7 Å². The molecule has 0 saturated carbocycles. The van der Waals surface area contributed by atoms with Gasteiger partial charge in [-0.2, -0.15) is 0 Å². The summed E-state index contributed by atoms with van der Waals surface area (Å²) in [6.45, 7) is 13.0. The molecule has 2 aliphatic rings. The Hall–Kier alpha value is -2.47. The third-order valence-corrected chi connectivity index (χ3v) is 6.63. The van der Waals surface area contributed by atoms with Crippen LogP contribution in [0.25, 0.3) is 0 Å². The van der Waals surface area contributed by atoms with Gasteiger partial charge in [0, 0.05) is 31.0 Å². The summed E-state index contributed by atoms with van der Waals surface area (Å²) in [6, 6.07) is 7.72. The number of benzene rings is 1. The zero-order chi connectivity index (χ0) is 28.0. The Morgan fingerprint density at radius 1 is 1.13 bits per heavy atom. The normalized spacial score (nSPS) is 18.8. The van der Waals surface area contributed by atoms with Crippen molar-refractivity contribution in [1.82, 2.24) is 9.79 Å². The lowest BCUT2D eigenvalue weighted by Gasteiger charge is -2.31. The molecule has 1 aromatic carbocycles. The number of hydrogen-bond donors (Lipinski definition) is 1. The van der Waals surface area contributed by atoms with Gasteiger partial charge >= 0.3 is 6.36 Å². The van der Waals surface area contributed by atoms with Crippen molar-refractivity contribution in [3.63, 3.8) is 0 Å². The Balaban J connectivity index is 0.00000247. The number of alkyl halides is 3. The predicted octanol–water partition coefficient (Wildman–Crippen LogP) is 6.44. The molecule has 11 heteroatoms. The summed E-state index contributed by atoms with van der Waals surface area (Å²) in [4.78, 5) is 18.8. The van der Waals surface area contributed by atoms with E-state index < -0.39 is 18.4 Å². The number of allylic oxidation sites excluding steroid dienone is 2. The molecule has 38 heavy (non-hydrogen) atoms. The fourth-order valence-corrected chi connectivity index (χ4v) is 4.75. The van der Waals surface area contributed by atoms with Crippen molar-refractivity contribution in [2.24, 2.45) is 0 Å². The SMILES string of the molecule is C=C(/C=C\C(=C)OC(F)(F)F)OC1CCN(Sc2ccccc2CC(=O)NOC2CCCCO2)CC1.CC. The fraction of sp³-hybridized carbons (Fsp3) is 0.519. The van der Waals surface area contributed by atoms with Crippen LogP contribution in [0.1, 0.15) is 51.5 Å². The van der Waals surface area contributed by atoms with E-state index in [4.69, 9.17) is 14.3 Å². The lowest BCUT2D eigenvalue weighted by molar-refractivity contribution is -0.303. The van der Waals surface area contributed by atoms with Crippen molar-refractivity contribution < 1.29 is 37.0 Å². The summed E-state index contributed by atoms with van der Waals surface area (Å²) in [6.07, 6.45) is 1.50. The van der Waals surface area contributed by atoms with Gasteiger partial charge in [-0.25, -0.2) is 14.6 Å². The van der Waals surface area contributed by atoms with E-state index in [0.29, 0.717) is 6.61 Å². The Kier molecular flexibility index (Phi) is 13.8. The maximum atomic E-state index is 12.4. The molecule has 212 valence electrons. The molecule has 3 rings (SSSR count). The van der Waals surface area contributed by atoms with Crippen LogP contribution < -0.4 is 5.48 Å². The van der Waals surface area contributed by atoms with Crippen LogP contribution in [0.2, 0.25) is 0 Å². The molecule has 2 fully saturated rings. The Labute approximate surface area is 227 Å². The van der Waals surface area contributed by atoms with E-state index in [1.54, 1.807) is 11.9 Å². The topological polar surface area (TPSA) is 69.3 Å². The average molecular weight is 559 g/mol. The molecule has 0 bridgehead atoms. The minimum Gasteiger partial charge on any atom is -0.491 e. The smallest absolute Gasteiger partial charge is 0.491 e. The minimum atomic E-state index is -4.78. The highest BCUT2D eigenvalue weighted by atomic mass is 32.2. The van der Waals surface area contributed by atoms with Crippen molar-refractivity contribution >= 4 is 17.9 Å². The maximum absolute atomic E-state index is 12.4. The Bertz CT molecular complexity index is 928. The summed E-state index contributed by atoms with van der Waals surface area (Å²) in [7, 11) is 0. The second-order valence-electron chi connectivity index (χ2n) is 8.37. The van der Waals surface area contributed by atoms with Crippen LogP contribution in [-0.4, -0.2) is 48.7 Å². The molecule has 2 heterocycles. The van der Waals surface area contributed by atoms with Crippen LogP contribution >= 0.6 is 11.9 Å². The van der Waals surface area contributed by atoms with Crippen molar-refractivity contribution in [2.45, 2.75) is 76.0 Å². The molecule has 2 saturated heterocycles. The van der Waals surface area contributed by atoms with Crippen LogP contribution in [0.4, 0.5) is 13.2 Å². The fourth-order valence-electron chi connectivity index (χ4n) is 3.69. The first-order chi connectivity index (χ1) is 18.2. The first kappa shape index (κ1) is 31.7. The van der Waals surface area contributed by atoms with E-state index >= 15 is 0 Å². The largest absolute Gasteiger partial charge is 0.573 e. The number of halogens is 3.